The third-order valence-electron chi connectivity index (χ3n) is 6.31. The number of sulfonamides is 1. The first-order chi connectivity index (χ1) is 18.6. The van der Waals surface area contributed by atoms with E-state index in [2.05, 4.69) is 5.32 Å². The van der Waals surface area contributed by atoms with Crippen molar-refractivity contribution in [3.8, 4) is 0 Å². The first-order valence-corrected chi connectivity index (χ1v) is 15.3. The van der Waals surface area contributed by atoms with Gasteiger partial charge in [-0.25, -0.2) is 8.42 Å². The molecule has 1 atom stereocenters. The lowest BCUT2D eigenvalue weighted by molar-refractivity contribution is -0.140. The normalized spacial score (nSPS) is 12.5. The molecule has 40 heavy (non-hydrogen) atoms. The van der Waals surface area contributed by atoms with Gasteiger partial charge in [0.1, 0.15) is 12.6 Å². The van der Waals surface area contributed by atoms with Gasteiger partial charge in [0.15, 0.2) is 0 Å². The lowest BCUT2D eigenvalue weighted by Gasteiger charge is -2.35. The molecule has 0 spiro atoms. The number of hydrogen-bond donors (Lipinski definition) is 1. The fraction of sp³-hybridized carbons (Fsp3) is 0.355. The molecular formula is C31H38ClN3O4S. The van der Waals surface area contributed by atoms with Crippen LogP contribution in [0, 0.1) is 13.8 Å². The SMILES string of the molecule is Cc1cccc(CN(C(=O)CN(c2ccc(Cl)cc2C)S(C)(=O)=O)[C@@H](Cc2ccccc2)C(=O)NC(C)(C)C)c1. The molecule has 0 unspecified atom stereocenters. The van der Waals surface area contributed by atoms with Crippen molar-refractivity contribution in [2.45, 2.75) is 59.2 Å². The van der Waals surface area contributed by atoms with Crippen LogP contribution < -0.4 is 9.62 Å². The summed E-state index contributed by atoms with van der Waals surface area (Å²) in [6, 6.07) is 21.1. The molecule has 7 nitrogen and oxygen atoms in total. The first kappa shape index (κ1) is 31.2. The molecule has 3 rings (SSSR count). The molecule has 214 valence electrons. The van der Waals surface area contributed by atoms with Crippen molar-refractivity contribution < 1.29 is 18.0 Å². The highest BCUT2D eigenvalue weighted by Crippen LogP contribution is 2.26. The van der Waals surface area contributed by atoms with E-state index < -0.39 is 34.1 Å². The maximum atomic E-state index is 14.2. The zero-order chi connectivity index (χ0) is 29.7. The van der Waals surface area contributed by atoms with Crippen molar-refractivity contribution in [2.24, 2.45) is 0 Å². The Bertz CT molecular complexity index is 1450. The van der Waals surface area contributed by atoms with Gasteiger partial charge in [0.2, 0.25) is 21.8 Å². The second kappa shape index (κ2) is 12.9. The third-order valence-corrected chi connectivity index (χ3v) is 7.67. The fourth-order valence-electron chi connectivity index (χ4n) is 4.51. The Morgan fingerprint density at radius 3 is 2.15 bits per heavy atom. The molecule has 1 N–H and O–H groups in total. The van der Waals surface area contributed by atoms with Gasteiger partial charge in [-0.1, -0.05) is 71.8 Å². The van der Waals surface area contributed by atoms with E-state index in [-0.39, 0.29) is 18.9 Å². The summed E-state index contributed by atoms with van der Waals surface area (Å²) in [5.74, 6) is -0.808. The number of benzene rings is 3. The Kier molecular flexibility index (Phi) is 10.0. The van der Waals surface area contributed by atoms with Gasteiger partial charge in [-0.05, 0) is 69.5 Å². The summed E-state index contributed by atoms with van der Waals surface area (Å²) in [7, 11) is -3.85. The Balaban J connectivity index is 2.09. The van der Waals surface area contributed by atoms with Crippen LogP contribution in [0.1, 0.15) is 43.0 Å². The second-order valence-electron chi connectivity index (χ2n) is 11.2. The average molecular weight is 584 g/mol. The van der Waals surface area contributed by atoms with E-state index in [9.17, 15) is 18.0 Å². The van der Waals surface area contributed by atoms with Crippen LogP contribution in [0.15, 0.2) is 72.8 Å². The maximum absolute atomic E-state index is 14.2. The number of carbonyl (C=O) groups is 2. The lowest BCUT2D eigenvalue weighted by Crippen LogP contribution is -2.56. The number of nitrogens with zero attached hydrogens (tertiary/aromatic N) is 2. The van der Waals surface area contributed by atoms with Crippen LogP contribution in [-0.4, -0.2) is 49.5 Å². The third kappa shape index (κ3) is 8.83. The maximum Gasteiger partial charge on any atom is 0.244 e. The molecule has 0 aliphatic carbocycles. The molecule has 0 aliphatic heterocycles. The number of hydrogen-bond acceptors (Lipinski definition) is 4. The number of rotatable bonds is 10. The Labute approximate surface area is 243 Å². The predicted octanol–water partition coefficient (Wildman–Crippen LogP) is 5.28. The summed E-state index contributed by atoms with van der Waals surface area (Å²) >= 11 is 6.11. The molecule has 3 aromatic rings. The van der Waals surface area contributed by atoms with Crippen LogP contribution in [0.5, 0.6) is 0 Å². The topological polar surface area (TPSA) is 86.8 Å². The van der Waals surface area contributed by atoms with Crippen molar-refractivity contribution in [1.29, 1.82) is 0 Å². The van der Waals surface area contributed by atoms with Crippen molar-refractivity contribution in [2.75, 3.05) is 17.1 Å². The molecular weight excluding hydrogens is 546 g/mol. The molecule has 0 bridgehead atoms. The Morgan fingerprint density at radius 2 is 1.57 bits per heavy atom. The van der Waals surface area contributed by atoms with Crippen LogP contribution in [-0.2, 0) is 32.6 Å². The summed E-state index contributed by atoms with van der Waals surface area (Å²) in [5, 5.41) is 3.49. The Hall–Kier alpha value is -3.36. The molecule has 9 heteroatoms. The van der Waals surface area contributed by atoms with Gasteiger partial charge >= 0.3 is 0 Å². The van der Waals surface area contributed by atoms with Crippen LogP contribution in [0.2, 0.25) is 5.02 Å². The molecule has 0 saturated heterocycles. The molecule has 3 aromatic carbocycles. The summed E-state index contributed by atoms with van der Waals surface area (Å²) in [5.41, 5.74) is 3.16. The number of carbonyl (C=O) groups excluding carboxylic acids is 2. The van der Waals surface area contributed by atoms with E-state index in [4.69, 9.17) is 11.6 Å². The van der Waals surface area contributed by atoms with Crippen LogP contribution in [0.25, 0.3) is 0 Å². The monoisotopic (exact) mass is 583 g/mol. The van der Waals surface area contributed by atoms with Gasteiger partial charge in [-0.15, -0.1) is 0 Å². The summed E-state index contributed by atoms with van der Waals surface area (Å²) < 4.78 is 27.0. The van der Waals surface area contributed by atoms with E-state index in [1.807, 2.05) is 82.3 Å². The highest BCUT2D eigenvalue weighted by atomic mass is 35.5. The van der Waals surface area contributed by atoms with Crippen LogP contribution in [0.3, 0.4) is 0 Å². The van der Waals surface area contributed by atoms with Gasteiger partial charge < -0.3 is 10.2 Å². The number of nitrogens with one attached hydrogen (secondary N) is 1. The number of anilines is 1. The smallest absolute Gasteiger partial charge is 0.244 e. The van der Waals surface area contributed by atoms with Gasteiger partial charge in [0.05, 0.1) is 11.9 Å². The molecule has 0 aromatic heterocycles. The largest absolute Gasteiger partial charge is 0.350 e. The van der Waals surface area contributed by atoms with E-state index in [0.717, 1.165) is 27.3 Å². The summed E-state index contributed by atoms with van der Waals surface area (Å²) in [4.78, 5) is 29.4. The zero-order valence-electron chi connectivity index (χ0n) is 23.9. The standard InChI is InChI=1S/C31H38ClN3O4S/c1-22-11-10-14-25(17-22)20-34(28(30(37)33-31(3,4)5)19-24-12-8-7-9-13-24)29(36)21-35(40(6,38)39)27-16-15-26(32)18-23(27)2/h7-18,28H,19-21H2,1-6H3,(H,33,37)/t28-/m0/s1. The highest BCUT2D eigenvalue weighted by Gasteiger charge is 2.34. The molecule has 0 saturated carbocycles. The minimum atomic E-state index is -3.85. The van der Waals surface area contributed by atoms with Crippen molar-refractivity contribution in [1.82, 2.24) is 10.2 Å². The highest BCUT2D eigenvalue weighted by molar-refractivity contribution is 7.92. The van der Waals surface area contributed by atoms with E-state index in [0.29, 0.717) is 16.3 Å². The van der Waals surface area contributed by atoms with E-state index >= 15 is 0 Å². The minimum Gasteiger partial charge on any atom is -0.350 e. The number of aryl methyl sites for hydroxylation is 2. The van der Waals surface area contributed by atoms with Gasteiger partial charge in [0, 0.05) is 23.5 Å². The zero-order valence-corrected chi connectivity index (χ0v) is 25.5. The number of halogens is 1. The van der Waals surface area contributed by atoms with Crippen LogP contribution in [0.4, 0.5) is 5.69 Å². The van der Waals surface area contributed by atoms with E-state index in [1.54, 1.807) is 25.1 Å². The predicted molar refractivity (Wildman–Crippen MR) is 162 cm³/mol. The quantitative estimate of drug-likeness (QED) is 0.352. The average Bonchev–Trinajstić information content (AvgIpc) is 2.84. The molecule has 0 aliphatic rings. The second-order valence-corrected chi connectivity index (χ2v) is 13.5. The van der Waals surface area contributed by atoms with Crippen molar-refractivity contribution in [3.63, 3.8) is 0 Å². The van der Waals surface area contributed by atoms with Crippen molar-refractivity contribution >= 4 is 39.1 Å². The molecule has 0 heterocycles. The summed E-state index contributed by atoms with van der Waals surface area (Å²) in [6.45, 7) is 9.00. The minimum absolute atomic E-state index is 0.132. The van der Waals surface area contributed by atoms with Gasteiger partial charge in [-0.3, -0.25) is 13.9 Å². The summed E-state index contributed by atoms with van der Waals surface area (Å²) in [6.07, 6.45) is 1.33. The Morgan fingerprint density at radius 1 is 0.925 bits per heavy atom. The van der Waals surface area contributed by atoms with E-state index in [1.165, 1.54) is 4.90 Å². The molecule has 2 amide bonds. The number of amides is 2. The van der Waals surface area contributed by atoms with Gasteiger partial charge in [0.25, 0.3) is 0 Å². The fourth-order valence-corrected chi connectivity index (χ4v) is 5.64. The van der Waals surface area contributed by atoms with Crippen molar-refractivity contribution in [3.05, 3.63) is 100 Å². The van der Waals surface area contributed by atoms with Crippen LogP contribution >= 0.6 is 11.6 Å². The first-order valence-electron chi connectivity index (χ1n) is 13.1. The molecule has 0 fully saturated rings. The van der Waals surface area contributed by atoms with Gasteiger partial charge in [-0.2, -0.15) is 0 Å². The lowest BCUT2D eigenvalue weighted by atomic mass is 10.0. The molecule has 0 radical (unpaired) electrons.